The summed E-state index contributed by atoms with van der Waals surface area (Å²) < 4.78 is 0. The Hall–Kier alpha value is -0.260. The molecule has 13 heavy (non-hydrogen) atoms. The van der Waals surface area contributed by atoms with Crippen molar-refractivity contribution in [1.82, 2.24) is 0 Å². The number of hydrogen-bond acceptors (Lipinski definition) is 0. The number of allylic oxidation sites excluding steroid dienone is 2. The molecule has 2 aliphatic carbocycles. The van der Waals surface area contributed by atoms with Gasteiger partial charge in [-0.15, -0.1) is 0 Å². The van der Waals surface area contributed by atoms with Gasteiger partial charge in [-0.05, 0) is 42.9 Å². The van der Waals surface area contributed by atoms with Crippen molar-refractivity contribution in [2.45, 2.75) is 47.0 Å². The average Bonchev–Trinajstić information content (AvgIpc) is 2.60. The molecule has 74 valence electrons. The summed E-state index contributed by atoms with van der Waals surface area (Å²) in [4.78, 5) is 0. The summed E-state index contributed by atoms with van der Waals surface area (Å²) in [6, 6.07) is 0. The fourth-order valence-corrected chi connectivity index (χ4v) is 3.63. The van der Waals surface area contributed by atoms with E-state index in [9.17, 15) is 0 Å². The van der Waals surface area contributed by atoms with Gasteiger partial charge in [0, 0.05) is 0 Å². The summed E-state index contributed by atoms with van der Waals surface area (Å²) in [6.45, 7) is 9.49. The summed E-state index contributed by atoms with van der Waals surface area (Å²) in [6.07, 6.45) is 4.45. The van der Waals surface area contributed by atoms with E-state index in [1.54, 1.807) is 0 Å². The van der Waals surface area contributed by atoms with E-state index >= 15 is 0 Å². The van der Waals surface area contributed by atoms with Crippen molar-refractivity contribution in [3.63, 3.8) is 0 Å². The lowest BCUT2D eigenvalue weighted by Gasteiger charge is -2.25. The Labute approximate surface area is 82.4 Å². The normalized spacial score (nSPS) is 32.8. The number of hydrogen-bond donors (Lipinski definition) is 0. The van der Waals surface area contributed by atoms with Crippen molar-refractivity contribution < 1.29 is 0 Å². The lowest BCUT2D eigenvalue weighted by molar-refractivity contribution is 0.533. The molecule has 0 heterocycles. The molecular weight excluding hydrogens is 156 g/mol. The quantitative estimate of drug-likeness (QED) is 0.560. The molecule has 0 spiro atoms. The van der Waals surface area contributed by atoms with E-state index in [2.05, 4.69) is 27.7 Å². The second-order valence-electron chi connectivity index (χ2n) is 5.43. The zero-order valence-corrected chi connectivity index (χ0v) is 9.43. The summed E-state index contributed by atoms with van der Waals surface area (Å²) in [7, 11) is 0. The molecule has 0 radical (unpaired) electrons. The van der Waals surface area contributed by atoms with Crippen molar-refractivity contribution in [2.75, 3.05) is 0 Å². The molecule has 0 aromatic carbocycles. The molecule has 2 rings (SSSR count). The maximum atomic E-state index is 2.37. The first kappa shape index (κ1) is 9.30. The van der Waals surface area contributed by atoms with Crippen molar-refractivity contribution >= 4 is 0 Å². The summed E-state index contributed by atoms with van der Waals surface area (Å²) in [5.74, 6) is 3.55. The maximum Gasteiger partial charge on any atom is -0.0192 e. The fraction of sp³-hybridized carbons (Fsp3) is 0.846. The highest BCUT2D eigenvalue weighted by atomic mass is 14.4. The van der Waals surface area contributed by atoms with E-state index in [-0.39, 0.29) is 0 Å². The first-order chi connectivity index (χ1) is 6.11. The van der Waals surface area contributed by atoms with Gasteiger partial charge in [-0.2, -0.15) is 0 Å². The van der Waals surface area contributed by atoms with Gasteiger partial charge in [-0.3, -0.25) is 0 Å². The predicted octanol–water partition coefficient (Wildman–Crippen LogP) is 4.02. The van der Waals surface area contributed by atoms with Gasteiger partial charge in [0.2, 0.25) is 0 Å². The van der Waals surface area contributed by atoms with Gasteiger partial charge < -0.3 is 0 Å². The van der Waals surface area contributed by atoms with Crippen LogP contribution in [-0.4, -0.2) is 0 Å². The molecular formula is C13H22. The van der Waals surface area contributed by atoms with Gasteiger partial charge in [0.25, 0.3) is 0 Å². The average molecular weight is 178 g/mol. The van der Waals surface area contributed by atoms with Gasteiger partial charge in [0.05, 0.1) is 0 Å². The van der Waals surface area contributed by atoms with Crippen LogP contribution in [0.4, 0.5) is 0 Å². The monoisotopic (exact) mass is 178 g/mol. The molecule has 0 amide bonds. The first-order valence-electron chi connectivity index (χ1n) is 5.85. The molecule has 2 unspecified atom stereocenters. The van der Waals surface area contributed by atoms with Crippen molar-refractivity contribution in [3.05, 3.63) is 11.1 Å². The van der Waals surface area contributed by atoms with Gasteiger partial charge in [0.1, 0.15) is 0 Å². The maximum absolute atomic E-state index is 2.37. The second kappa shape index (κ2) is 3.15. The van der Waals surface area contributed by atoms with Crippen molar-refractivity contribution in [3.8, 4) is 0 Å². The predicted molar refractivity (Wildman–Crippen MR) is 57.5 cm³/mol. The van der Waals surface area contributed by atoms with E-state index in [4.69, 9.17) is 0 Å². The molecule has 0 heteroatoms. The first-order valence-corrected chi connectivity index (χ1v) is 5.85. The van der Waals surface area contributed by atoms with Crippen molar-refractivity contribution in [1.29, 1.82) is 0 Å². The van der Waals surface area contributed by atoms with E-state index in [0.717, 1.165) is 23.7 Å². The zero-order chi connectivity index (χ0) is 9.59. The minimum absolute atomic E-state index is 0.799. The van der Waals surface area contributed by atoms with Crippen LogP contribution in [0.25, 0.3) is 0 Å². The largest absolute Gasteiger partial charge is 0.0648 e. The Morgan fingerprint density at radius 3 is 1.54 bits per heavy atom. The molecule has 0 aromatic rings. The molecule has 1 fully saturated rings. The highest BCUT2D eigenvalue weighted by molar-refractivity contribution is 5.31. The fourth-order valence-electron chi connectivity index (χ4n) is 3.63. The third-order valence-corrected chi connectivity index (χ3v) is 3.89. The molecule has 2 aliphatic rings. The smallest absolute Gasteiger partial charge is 0.0192 e. The summed E-state index contributed by atoms with van der Waals surface area (Å²) in [5, 5.41) is 0. The molecule has 2 bridgehead atoms. The van der Waals surface area contributed by atoms with Crippen LogP contribution in [0.3, 0.4) is 0 Å². The van der Waals surface area contributed by atoms with E-state index < -0.39 is 0 Å². The van der Waals surface area contributed by atoms with Crippen molar-refractivity contribution in [2.24, 2.45) is 23.7 Å². The number of rotatable bonds is 2. The Morgan fingerprint density at radius 2 is 1.23 bits per heavy atom. The van der Waals surface area contributed by atoms with Gasteiger partial charge >= 0.3 is 0 Å². The standard InChI is InChI=1S/C13H22/c1-8(2)12-10-5-6-11(7-10)13(12)9(3)4/h8-11H,5-7H2,1-4H3. The molecule has 2 atom stereocenters. The Morgan fingerprint density at radius 1 is 0.846 bits per heavy atom. The summed E-state index contributed by atoms with van der Waals surface area (Å²) in [5.41, 5.74) is 3.68. The van der Waals surface area contributed by atoms with Crippen LogP contribution < -0.4 is 0 Å². The topological polar surface area (TPSA) is 0 Å². The second-order valence-corrected chi connectivity index (χ2v) is 5.43. The minimum atomic E-state index is 0.799. The van der Waals surface area contributed by atoms with Crippen LogP contribution in [0.5, 0.6) is 0 Å². The van der Waals surface area contributed by atoms with E-state index in [1.807, 2.05) is 11.1 Å². The van der Waals surface area contributed by atoms with Crippen LogP contribution in [0, 0.1) is 23.7 Å². The van der Waals surface area contributed by atoms with Gasteiger partial charge in [0.15, 0.2) is 0 Å². The van der Waals surface area contributed by atoms with Crippen LogP contribution in [0.15, 0.2) is 11.1 Å². The molecule has 0 saturated heterocycles. The minimum Gasteiger partial charge on any atom is -0.0648 e. The van der Waals surface area contributed by atoms with Gasteiger partial charge in [-0.25, -0.2) is 0 Å². The Bertz CT molecular complexity index is 208. The molecule has 0 N–H and O–H groups in total. The van der Waals surface area contributed by atoms with E-state index in [0.29, 0.717) is 0 Å². The Balaban J connectivity index is 2.35. The van der Waals surface area contributed by atoms with Crippen LogP contribution in [0.1, 0.15) is 47.0 Å². The van der Waals surface area contributed by atoms with Crippen LogP contribution >= 0.6 is 0 Å². The summed E-state index contributed by atoms with van der Waals surface area (Å²) >= 11 is 0. The number of fused-ring (bicyclic) bond motifs is 2. The van der Waals surface area contributed by atoms with Crippen LogP contribution in [0.2, 0.25) is 0 Å². The van der Waals surface area contributed by atoms with Gasteiger partial charge in [-0.1, -0.05) is 38.8 Å². The lowest BCUT2D eigenvalue weighted by atomic mass is 9.81. The molecule has 0 aromatic heterocycles. The highest BCUT2D eigenvalue weighted by Crippen LogP contribution is 2.52. The SMILES string of the molecule is CC(C)C1=C(C(C)C)C2CCC1C2. The Kier molecular flexibility index (Phi) is 2.25. The zero-order valence-electron chi connectivity index (χ0n) is 9.43. The molecule has 0 aliphatic heterocycles. The van der Waals surface area contributed by atoms with E-state index in [1.165, 1.54) is 19.3 Å². The third-order valence-electron chi connectivity index (χ3n) is 3.89. The lowest BCUT2D eigenvalue weighted by Crippen LogP contribution is -2.12. The highest BCUT2D eigenvalue weighted by Gasteiger charge is 2.40. The molecule has 0 nitrogen and oxygen atoms in total. The third kappa shape index (κ3) is 1.35. The van der Waals surface area contributed by atoms with Crippen LogP contribution in [-0.2, 0) is 0 Å². The molecule has 1 saturated carbocycles.